The Hall–Kier alpha value is -3.65. The molecule has 0 atom stereocenters. The summed E-state index contributed by atoms with van der Waals surface area (Å²) in [5.41, 5.74) is 6.54. The Bertz CT molecular complexity index is 1180. The molecule has 0 heterocycles. The van der Waals surface area contributed by atoms with E-state index in [0.29, 0.717) is 6.54 Å². The van der Waals surface area contributed by atoms with Gasteiger partial charge in [-0.3, -0.25) is 4.79 Å². The first-order valence-corrected chi connectivity index (χ1v) is 11.8. The van der Waals surface area contributed by atoms with E-state index in [-0.39, 0.29) is 5.91 Å². The first kappa shape index (κ1) is 21.2. The smallest absolute Gasteiger partial charge is 0.235 e. The highest BCUT2D eigenvalue weighted by Crippen LogP contribution is 2.51. The van der Waals surface area contributed by atoms with Crippen molar-refractivity contribution in [3.05, 3.63) is 131 Å². The van der Waals surface area contributed by atoms with Crippen molar-refractivity contribution < 1.29 is 4.79 Å². The van der Waals surface area contributed by atoms with Crippen molar-refractivity contribution >= 4 is 5.91 Å². The van der Waals surface area contributed by atoms with Crippen LogP contribution in [0.4, 0.5) is 0 Å². The quantitative estimate of drug-likeness (QED) is 0.347. The number of hydrogen-bond acceptors (Lipinski definition) is 1. The van der Waals surface area contributed by atoms with Crippen LogP contribution in [0, 0.1) is 0 Å². The molecule has 1 aliphatic rings. The Labute approximate surface area is 196 Å². The highest BCUT2D eigenvalue weighted by Gasteiger charge is 2.48. The summed E-state index contributed by atoms with van der Waals surface area (Å²) in [5.74, 6) is 0.115. The SMILES string of the molecule is O=C(NCCc1ccccc1)C1(CCCc2ccccc2)c2ccccc2-c2ccccc21. The number of benzene rings is 4. The molecule has 0 saturated heterocycles. The van der Waals surface area contributed by atoms with Gasteiger partial charge in [0.1, 0.15) is 5.41 Å². The van der Waals surface area contributed by atoms with Crippen molar-refractivity contribution in [2.75, 3.05) is 6.54 Å². The third-order valence-corrected chi connectivity index (χ3v) is 6.85. The summed E-state index contributed by atoms with van der Waals surface area (Å²) in [6.45, 7) is 0.633. The number of carbonyl (C=O) groups excluding carboxylic acids is 1. The lowest BCUT2D eigenvalue weighted by Crippen LogP contribution is -2.45. The Kier molecular flexibility index (Phi) is 6.08. The first-order chi connectivity index (χ1) is 16.3. The fraction of sp³-hybridized carbons (Fsp3) is 0.194. The van der Waals surface area contributed by atoms with Gasteiger partial charge in [-0.05, 0) is 59.1 Å². The summed E-state index contributed by atoms with van der Waals surface area (Å²) in [4.78, 5) is 14.0. The molecule has 33 heavy (non-hydrogen) atoms. The van der Waals surface area contributed by atoms with Gasteiger partial charge in [-0.1, -0.05) is 109 Å². The van der Waals surface area contributed by atoms with Gasteiger partial charge >= 0.3 is 0 Å². The molecule has 1 amide bonds. The van der Waals surface area contributed by atoms with Gasteiger partial charge in [0, 0.05) is 6.54 Å². The number of aryl methyl sites for hydroxylation is 1. The standard InChI is InChI=1S/C31H29NO/c33-30(32-23-21-25-14-5-2-6-15-25)31(22-11-16-24-12-3-1-4-13-24)28-19-9-7-17-26(28)27-18-8-10-20-29(27)31/h1-10,12-15,17-20H,11,16,21-23H2,(H,32,33). The third-order valence-electron chi connectivity index (χ3n) is 6.85. The Balaban J connectivity index is 1.45. The van der Waals surface area contributed by atoms with Crippen molar-refractivity contribution in [3.63, 3.8) is 0 Å². The largest absolute Gasteiger partial charge is 0.355 e. The van der Waals surface area contributed by atoms with E-state index in [1.54, 1.807) is 0 Å². The number of fused-ring (bicyclic) bond motifs is 3. The lowest BCUT2D eigenvalue weighted by Gasteiger charge is -2.31. The van der Waals surface area contributed by atoms with Gasteiger partial charge in [0.25, 0.3) is 0 Å². The maximum atomic E-state index is 14.0. The molecule has 1 aliphatic carbocycles. The molecule has 0 spiro atoms. The van der Waals surface area contributed by atoms with Gasteiger partial charge in [-0.2, -0.15) is 0 Å². The summed E-state index contributed by atoms with van der Waals surface area (Å²) in [5, 5.41) is 3.31. The zero-order valence-corrected chi connectivity index (χ0v) is 18.8. The second kappa shape index (κ2) is 9.46. The van der Waals surface area contributed by atoms with Crippen LogP contribution < -0.4 is 5.32 Å². The van der Waals surface area contributed by atoms with Gasteiger partial charge in [0.05, 0.1) is 0 Å². The molecule has 4 aromatic carbocycles. The van der Waals surface area contributed by atoms with Crippen LogP contribution in [0.15, 0.2) is 109 Å². The Morgan fingerprint density at radius 3 is 1.67 bits per heavy atom. The summed E-state index contributed by atoms with van der Waals surface area (Å²) in [6, 6.07) is 37.8. The van der Waals surface area contributed by atoms with Crippen LogP contribution in [0.3, 0.4) is 0 Å². The maximum Gasteiger partial charge on any atom is 0.235 e. The van der Waals surface area contributed by atoms with E-state index in [1.165, 1.54) is 22.3 Å². The van der Waals surface area contributed by atoms with E-state index < -0.39 is 5.41 Å². The van der Waals surface area contributed by atoms with Crippen LogP contribution in [0.2, 0.25) is 0 Å². The van der Waals surface area contributed by atoms with E-state index in [9.17, 15) is 4.79 Å². The third kappa shape index (κ3) is 4.09. The number of nitrogens with one attached hydrogen (secondary N) is 1. The molecule has 2 nitrogen and oxygen atoms in total. The van der Waals surface area contributed by atoms with Crippen LogP contribution in [0.1, 0.15) is 35.1 Å². The van der Waals surface area contributed by atoms with Crippen molar-refractivity contribution in [3.8, 4) is 11.1 Å². The minimum absolute atomic E-state index is 0.115. The van der Waals surface area contributed by atoms with Gasteiger partial charge < -0.3 is 5.32 Å². The molecular weight excluding hydrogens is 402 g/mol. The lowest BCUT2D eigenvalue weighted by molar-refractivity contribution is -0.125. The Morgan fingerprint density at radius 1 is 0.606 bits per heavy atom. The zero-order chi connectivity index (χ0) is 22.5. The minimum atomic E-state index is -0.654. The molecule has 0 fully saturated rings. The van der Waals surface area contributed by atoms with Gasteiger partial charge in [-0.25, -0.2) is 0 Å². The van der Waals surface area contributed by atoms with E-state index in [2.05, 4.69) is 96.3 Å². The van der Waals surface area contributed by atoms with Crippen LogP contribution in [-0.4, -0.2) is 12.5 Å². The lowest BCUT2D eigenvalue weighted by atomic mass is 9.73. The van der Waals surface area contributed by atoms with Gasteiger partial charge in [0.2, 0.25) is 5.91 Å². The first-order valence-electron chi connectivity index (χ1n) is 11.8. The predicted octanol–water partition coefficient (Wildman–Crippen LogP) is 6.33. The van der Waals surface area contributed by atoms with Crippen molar-refractivity contribution in [1.82, 2.24) is 5.32 Å². The van der Waals surface area contributed by atoms with Crippen molar-refractivity contribution in [2.24, 2.45) is 0 Å². The molecule has 0 bridgehead atoms. The zero-order valence-electron chi connectivity index (χ0n) is 18.8. The molecule has 4 aromatic rings. The monoisotopic (exact) mass is 431 g/mol. The van der Waals surface area contributed by atoms with E-state index in [0.717, 1.165) is 36.8 Å². The molecule has 164 valence electrons. The number of amides is 1. The molecule has 5 rings (SSSR count). The van der Waals surface area contributed by atoms with Crippen LogP contribution in [0.5, 0.6) is 0 Å². The average Bonchev–Trinajstić information content (AvgIpc) is 3.16. The number of rotatable bonds is 8. The summed E-state index contributed by atoms with van der Waals surface area (Å²) >= 11 is 0. The fourth-order valence-electron chi connectivity index (χ4n) is 5.27. The highest BCUT2D eigenvalue weighted by molar-refractivity contribution is 6.00. The maximum absolute atomic E-state index is 14.0. The molecule has 0 aliphatic heterocycles. The number of carbonyl (C=O) groups is 1. The van der Waals surface area contributed by atoms with Crippen molar-refractivity contribution in [1.29, 1.82) is 0 Å². The van der Waals surface area contributed by atoms with Crippen LogP contribution in [0.25, 0.3) is 11.1 Å². The molecule has 2 heteroatoms. The summed E-state index contributed by atoms with van der Waals surface area (Å²) < 4.78 is 0. The Morgan fingerprint density at radius 2 is 1.09 bits per heavy atom. The van der Waals surface area contributed by atoms with Gasteiger partial charge in [-0.15, -0.1) is 0 Å². The molecule has 0 saturated carbocycles. The van der Waals surface area contributed by atoms with Crippen molar-refractivity contribution in [2.45, 2.75) is 31.1 Å². The second-order valence-corrected chi connectivity index (χ2v) is 8.83. The van der Waals surface area contributed by atoms with Gasteiger partial charge in [0.15, 0.2) is 0 Å². The fourth-order valence-corrected chi connectivity index (χ4v) is 5.27. The summed E-state index contributed by atoms with van der Waals surface area (Å²) in [7, 11) is 0. The molecule has 1 N–H and O–H groups in total. The topological polar surface area (TPSA) is 29.1 Å². The molecule has 0 unspecified atom stereocenters. The molecule has 0 aromatic heterocycles. The van der Waals surface area contributed by atoms with Crippen LogP contribution >= 0.6 is 0 Å². The van der Waals surface area contributed by atoms with E-state index >= 15 is 0 Å². The minimum Gasteiger partial charge on any atom is -0.355 e. The number of hydrogen-bond donors (Lipinski definition) is 1. The average molecular weight is 432 g/mol. The molecule has 0 radical (unpaired) electrons. The molecular formula is C31H29NO. The van der Waals surface area contributed by atoms with E-state index in [1.807, 2.05) is 18.2 Å². The second-order valence-electron chi connectivity index (χ2n) is 8.83. The summed E-state index contributed by atoms with van der Waals surface area (Å²) in [6.07, 6.45) is 3.52. The van der Waals surface area contributed by atoms with E-state index in [4.69, 9.17) is 0 Å². The predicted molar refractivity (Wildman–Crippen MR) is 135 cm³/mol. The highest BCUT2D eigenvalue weighted by atomic mass is 16.2. The normalized spacial score (nSPS) is 13.2. The van der Waals surface area contributed by atoms with Crippen LogP contribution in [-0.2, 0) is 23.1 Å².